The van der Waals surface area contributed by atoms with Crippen molar-refractivity contribution in [3.05, 3.63) is 35.7 Å². The number of nitrogens with one attached hydrogen (secondary N) is 1. The molecule has 0 unspecified atom stereocenters. The third-order valence-electron chi connectivity index (χ3n) is 4.32. The molecule has 0 bridgehead atoms. The summed E-state index contributed by atoms with van der Waals surface area (Å²) in [5, 5.41) is 7.19. The van der Waals surface area contributed by atoms with Crippen LogP contribution in [0, 0.1) is 13.8 Å². The van der Waals surface area contributed by atoms with E-state index >= 15 is 0 Å². The van der Waals surface area contributed by atoms with Crippen LogP contribution < -0.4 is 9.64 Å². The lowest BCUT2D eigenvalue weighted by molar-refractivity contribution is 0.383. The summed E-state index contributed by atoms with van der Waals surface area (Å²) in [6.07, 6.45) is 0. The Kier molecular flexibility index (Phi) is 4.51. The third-order valence-corrected chi connectivity index (χ3v) is 6.22. The zero-order chi connectivity index (χ0) is 17.3. The lowest BCUT2D eigenvalue weighted by Gasteiger charge is -2.35. The minimum absolute atomic E-state index is 0.269. The van der Waals surface area contributed by atoms with Crippen LogP contribution in [0.1, 0.15) is 11.4 Å². The van der Waals surface area contributed by atoms with Crippen molar-refractivity contribution in [2.45, 2.75) is 18.7 Å². The van der Waals surface area contributed by atoms with Gasteiger partial charge in [-0.05, 0) is 26.0 Å². The van der Waals surface area contributed by atoms with E-state index in [0.29, 0.717) is 31.9 Å². The standard InChI is InChI=1S/C16H22N4O3S/c1-12-16(13(2)18-17-12)19-7-9-20(10-8-19)24(21,22)15-6-4-5-14(11-15)23-3/h4-6,11H,7-10H2,1-3H3,(H,17,18). The van der Waals surface area contributed by atoms with Gasteiger partial charge in [0.05, 0.1) is 29.1 Å². The van der Waals surface area contributed by atoms with Crippen LogP contribution in [-0.4, -0.2) is 56.2 Å². The molecule has 8 heteroatoms. The van der Waals surface area contributed by atoms with Crippen molar-refractivity contribution in [3.8, 4) is 5.75 Å². The maximum atomic E-state index is 12.8. The molecule has 1 aliphatic rings. The molecule has 0 amide bonds. The number of hydrogen-bond donors (Lipinski definition) is 1. The Bertz CT molecular complexity index is 804. The molecule has 0 saturated carbocycles. The second-order valence-electron chi connectivity index (χ2n) is 5.85. The molecular weight excluding hydrogens is 328 g/mol. The summed E-state index contributed by atoms with van der Waals surface area (Å²) in [5.74, 6) is 0.541. The number of anilines is 1. The number of nitrogens with zero attached hydrogens (tertiary/aromatic N) is 3. The van der Waals surface area contributed by atoms with Crippen molar-refractivity contribution in [1.82, 2.24) is 14.5 Å². The number of H-pyrrole nitrogens is 1. The fourth-order valence-corrected chi connectivity index (χ4v) is 4.53. The monoisotopic (exact) mass is 350 g/mol. The molecule has 1 saturated heterocycles. The van der Waals surface area contributed by atoms with Gasteiger partial charge in [0.1, 0.15) is 5.75 Å². The van der Waals surface area contributed by atoms with E-state index in [-0.39, 0.29) is 4.90 Å². The van der Waals surface area contributed by atoms with Crippen LogP contribution >= 0.6 is 0 Å². The Labute approximate surface area is 142 Å². The van der Waals surface area contributed by atoms with Crippen LogP contribution in [0.5, 0.6) is 5.75 Å². The van der Waals surface area contributed by atoms with Gasteiger partial charge in [0.15, 0.2) is 0 Å². The molecule has 1 N–H and O–H groups in total. The highest BCUT2D eigenvalue weighted by Gasteiger charge is 2.30. The number of hydrogen-bond acceptors (Lipinski definition) is 5. The summed E-state index contributed by atoms with van der Waals surface area (Å²) in [7, 11) is -1.98. The van der Waals surface area contributed by atoms with Crippen LogP contribution in [0.2, 0.25) is 0 Å². The second-order valence-corrected chi connectivity index (χ2v) is 7.79. The largest absolute Gasteiger partial charge is 0.497 e. The number of ether oxygens (including phenoxy) is 1. The molecule has 1 aromatic heterocycles. The molecule has 0 aliphatic carbocycles. The Morgan fingerprint density at radius 3 is 2.46 bits per heavy atom. The number of piperazine rings is 1. The minimum Gasteiger partial charge on any atom is -0.497 e. The van der Waals surface area contributed by atoms with E-state index in [9.17, 15) is 8.42 Å². The first-order valence-corrected chi connectivity index (χ1v) is 9.28. The Balaban J connectivity index is 1.76. The number of aromatic nitrogens is 2. The third kappa shape index (κ3) is 2.99. The lowest BCUT2D eigenvalue weighted by atomic mass is 10.2. The number of rotatable bonds is 4. The fourth-order valence-electron chi connectivity index (χ4n) is 3.07. The summed E-state index contributed by atoms with van der Waals surface area (Å²) >= 11 is 0. The fraction of sp³-hybridized carbons (Fsp3) is 0.438. The first-order valence-electron chi connectivity index (χ1n) is 7.84. The van der Waals surface area contributed by atoms with Crippen molar-refractivity contribution >= 4 is 15.7 Å². The van der Waals surface area contributed by atoms with Crippen LogP contribution in [0.3, 0.4) is 0 Å². The van der Waals surface area contributed by atoms with Crippen LogP contribution in [0.25, 0.3) is 0 Å². The van der Waals surface area contributed by atoms with E-state index in [1.807, 2.05) is 13.8 Å². The molecule has 1 aliphatic heterocycles. The van der Waals surface area contributed by atoms with Gasteiger partial charge in [0.2, 0.25) is 10.0 Å². The average Bonchev–Trinajstić information content (AvgIpc) is 2.93. The van der Waals surface area contributed by atoms with Crippen molar-refractivity contribution in [1.29, 1.82) is 0 Å². The van der Waals surface area contributed by atoms with E-state index in [1.165, 1.54) is 11.4 Å². The number of methoxy groups -OCH3 is 1. The van der Waals surface area contributed by atoms with Gasteiger partial charge in [-0.1, -0.05) is 6.07 Å². The van der Waals surface area contributed by atoms with Gasteiger partial charge < -0.3 is 9.64 Å². The predicted octanol–water partition coefficient (Wildman–Crippen LogP) is 1.55. The second kappa shape index (κ2) is 6.45. The van der Waals surface area contributed by atoms with E-state index in [4.69, 9.17) is 4.74 Å². The normalized spacial score (nSPS) is 16.4. The number of sulfonamides is 1. The van der Waals surface area contributed by atoms with Crippen LogP contribution in [0.4, 0.5) is 5.69 Å². The molecule has 7 nitrogen and oxygen atoms in total. The van der Waals surface area contributed by atoms with Gasteiger partial charge in [0, 0.05) is 32.2 Å². The van der Waals surface area contributed by atoms with Crippen molar-refractivity contribution in [2.75, 3.05) is 38.2 Å². The first kappa shape index (κ1) is 16.8. The number of benzene rings is 1. The molecular formula is C16H22N4O3S. The lowest BCUT2D eigenvalue weighted by Crippen LogP contribution is -2.48. The van der Waals surface area contributed by atoms with Crippen molar-refractivity contribution in [3.63, 3.8) is 0 Å². The highest BCUT2D eigenvalue weighted by molar-refractivity contribution is 7.89. The number of aromatic amines is 1. The molecule has 24 heavy (non-hydrogen) atoms. The molecule has 2 heterocycles. The van der Waals surface area contributed by atoms with E-state index in [1.54, 1.807) is 24.3 Å². The molecule has 130 valence electrons. The van der Waals surface area contributed by atoms with Gasteiger partial charge in [-0.15, -0.1) is 0 Å². The Morgan fingerprint density at radius 1 is 1.17 bits per heavy atom. The van der Waals surface area contributed by atoms with Gasteiger partial charge in [-0.2, -0.15) is 9.40 Å². The van der Waals surface area contributed by atoms with Gasteiger partial charge >= 0.3 is 0 Å². The molecule has 2 aromatic rings. The minimum atomic E-state index is -3.50. The van der Waals surface area contributed by atoms with E-state index in [0.717, 1.165) is 17.1 Å². The van der Waals surface area contributed by atoms with Crippen LogP contribution in [0.15, 0.2) is 29.2 Å². The molecule has 0 radical (unpaired) electrons. The zero-order valence-electron chi connectivity index (χ0n) is 14.1. The SMILES string of the molecule is COc1cccc(S(=O)(=O)N2CCN(c3c(C)n[nH]c3C)CC2)c1. The maximum Gasteiger partial charge on any atom is 0.243 e. The van der Waals surface area contributed by atoms with Gasteiger partial charge in [-0.3, -0.25) is 5.10 Å². The zero-order valence-corrected chi connectivity index (χ0v) is 14.9. The summed E-state index contributed by atoms with van der Waals surface area (Å²) < 4.78 is 32.3. The van der Waals surface area contributed by atoms with Crippen LogP contribution in [-0.2, 0) is 10.0 Å². The van der Waals surface area contributed by atoms with Crippen molar-refractivity contribution in [2.24, 2.45) is 0 Å². The summed E-state index contributed by atoms with van der Waals surface area (Å²) in [4.78, 5) is 2.46. The summed E-state index contributed by atoms with van der Waals surface area (Å²) in [6, 6.07) is 6.60. The first-order chi connectivity index (χ1) is 11.4. The average molecular weight is 350 g/mol. The van der Waals surface area contributed by atoms with Gasteiger partial charge in [-0.25, -0.2) is 8.42 Å². The quantitative estimate of drug-likeness (QED) is 0.905. The smallest absolute Gasteiger partial charge is 0.243 e. The predicted molar refractivity (Wildman–Crippen MR) is 92.0 cm³/mol. The molecule has 0 spiro atoms. The van der Waals surface area contributed by atoms with E-state index < -0.39 is 10.0 Å². The highest BCUT2D eigenvalue weighted by atomic mass is 32.2. The topological polar surface area (TPSA) is 78.5 Å². The Hall–Kier alpha value is -2.06. The highest BCUT2D eigenvalue weighted by Crippen LogP contribution is 2.26. The van der Waals surface area contributed by atoms with Crippen molar-refractivity contribution < 1.29 is 13.2 Å². The molecule has 1 aromatic carbocycles. The van der Waals surface area contributed by atoms with E-state index in [2.05, 4.69) is 15.1 Å². The molecule has 1 fully saturated rings. The molecule has 3 rings (SSSR count). The summed E-state index contributed by atoms with van der Waals surface area (Å²) in [5.41, 5.74) is 3.03. The Morgan fingerprint density at radius 2 is 1.88 bits per heavy atom. The number of aryl methyl sites for hydroxylation is 2. The van der Waals surface area contributed by atoms with Gasteiger partial charge in [0.25, 0.3) is 0 Å². The summed E-state index contributed by atoms with van der Waals surface area (Å²) in [6.45, 7) is 6.12. The maximum absolute atomic E-state index is 12.8. The molecule has 0 atom stereocenters.